The summed E-state index contributed by atoms with van der Waals surface area (Å²) in [6, 6.07) is 3.96. The average Bonchev–Trinajstić information content (AvgIpc) is 3.22. The summed E-state index contributed by atoms with van der Waals surface area (Å²) in [6.07, 6.45) is 3.92. The lowest BCUT2D eigenvalue weighted by Crippen LogP contribution is -2.38. The van der Waals surface area contributed by atoms with Crippen LogP contribution in [0, 0.1) is 5.92 Å². The second kappa shape index (κ2) is 6.27. The van der Waals surface area contributed by atoms with E-state index in [4.69, 9.17) is 5.10 Å². The molecule has 26 heavy (non-hydrogen) atoms. The highest BCUT2D eigenvalue weighted by molar-refractivity contribution is 7.13. The summed E-state index contributed by atoms with van der Waals surface area (Å²) in [6.45, 7) is 1.60. The molecule has 1 N–H and O–H groups in total. The van der Waals surface area contributed by atoms with Crippen LogP contribution in [0.4, 0.5) is 10.9 Å². The molecule has 0 atom stereocenters. The Hall–Kier alpha value is -2.62. The number of hydrogen-bond acceptors (Lipinski definition) is 8. The van der Waals surface area contributed by atoms with Crippen molar-refractivity contribution in [1.29, 1.82) is 0 Å². The van der Waals surface area contributed by atoms with Crippen LogP contribution >= 0.6 is 11.3 Å². The lowest BCUT2D eigenvalue weighted by Gasteiger charge is -2.31. The number of anilines is 2. The first-order valence-corrected chi connectivity index (χ1v) is 9.70. The van der Waals surface area contributed by atoms with Crippen LogP contribution in [0.15, 0.2) is 17.6 Å². The van der Waals surface area contributed by atoms with Gasteiger partial charge in [0.1, 0.15) is 11.3 Å². The minimum absolute atomic E-state index is 0.00387. The maximum atomic E-state index is 12.3. The Balaban J connectivity index is 1.27. The van der Waals surface area contributed by atoms with Crippen molar-refractivity contribution in [2.75, 3.05) is 23.3 Å². The first-order valence-electron chi connectivity index (χ1n) is 8.82. The van der Waals surface area contributed by atoms with Crippen molar-refractivity contribution in [2.24, 2.45) is 5.92 Å². The summed E-state index contributed by atoms with van der Waals surface area (Å²) in [7, 11) is 0. The third-order valence-corrected chi connectivity index (χ3v) is 5.60. The third-order valence-electron chi connectivity index (χ3n) is 5.00. The van der Waals surface area contributed by atoms with Crippen LogP contribution in [0.25, 0.3) is 5.65 Å². The average molecular weight is 370 g/mol. The zero-order valence-corrected chi connectivity index (χ0v) is 14.9. The number of nitrogens with one attached hydrogen (secondary N) is 1. The van der Waals surface area contributed by atoms with E-state index in [0.29, 0.717) is 11.0 Å². The summed E-state index contributed by atoms with van der Waals surface area (Å²) in [5.41, 5.74) is 2.41. The molecule has 1 saturated heterocycles. The van der Waals surface area contributed by atoms with Crippen LogP contribution in [-0.2, 0) is 4.79 Å². The minimum Gasteiger partial charge on any atom is -0.355 e. The summed E-state index contributed by atoms with van der Waals surface area (Å²) in [5, 5.41) is 24.3. The second-order valence-corrected chi connectivity index (χ2v) is 7.62. The summed E-state index contributed by atoms with van der Waals surface area (Å²) in [5.74, 6) is 2.41. The summed E-state index contributed by atoms with van der Waals surface area (Å²) >= 11 is 1.33. The first-order chi connectivity index (χ1) is 12.8. The smallest absolute Gasteiger partial charge is 0.229 e. The van der Waals surface area contributed by atoms with Gasteiger partial charge in [-0.1, -0.05) is 11.3 Å². The Morgan fingerprint density at radius 2 is 1.96 bits per heavy atom. The van der Waals surface area contributed by atoms with Crippen molar-refractivity contribution in [3.8, 4) is 0 Å². The molecule has 3 aromatic rings. The number of piperidine rings is 1. The van der Waals surface area contributed by atoms with Gasteiger partial charge in [0.2, 0.25) is 11.0 Å². The Morgan fingerprint density at radius 1 is 1.12 bits per heavy atom. The van der Waals surface area contributed by atoms with Gasteiger partial charge in [0.15, 0.2) is 11.5 Å². The molecule has 2 aliphatic rings. The van der Waals surface area contributed by atoms with E-state index in [2.05, 4.69) is 30.6 Å². The molecule has 1 aliphatic heterocycles. The Morgan fingerprint density at radius 3 is 2.69 bits per heavy atom. The standard InChI is InChI=1S/C16H18N8OS/c25-15(18-16-21-17-9-26-16)11-5-7-23(8-6-11)13-4-3-12-19-20-14(10-1-2-10)24(12)22-13/h3-4,9-11H,1-2,5-8H2,(H,18,21,25). The molecule has 5 rings (SSSR count). The molecule has 10 heteroatoms. The maximum Gasteiger partial charge on any atom is 0.229 e. The molecule has 0 spiro atoms. The van der Waals surface area contributed by atoms with E-state index >= 15 is 0 Å². The molecule has 0 unspecified atom stereocenters. The van der Waals surface area contributed by atoms with E-state index in [0.717, 1.165) is 43.2 Å². The molecule has 0 aromatic carbocycles. The van der Waals surface area contributed by atoms with Crippen LogP contribution in [0.3, 0.4) is 0 Å². The molecule has 4 heterocycles. The third kappa shape index (κ3) is 2.90. The van der Waals surface area contributed by atoms with Gasteiger partial charge in [0.05, 0.1) is 0 Å². The highest BCUT2D eigenvalue weighted by atomic mass is 32.1. The van der Waals surface area contributed by atoms with Gasteiger partial charge in [0, 0.05) is 24.9 Å². The van der Waals surface area contributed by atoms with E-state index in [9.17, 15) is 4.79 Å². The number of fused-ring (bicyclic) bond motifs is 1. The molecule has 1 amide bonds. The van der Waals surface area contributed by atoms with Crippen LogP contribution in [0.5, 0.6) is 0 Å². The number of aromatic nitrogens is 6. The van der Waals surface area contributed by atoms with Crippen molar-refractivity contribution in [3.05, 3.63) is 23.5 Å². The lowest BCUT2D eigenvalue weighted by atomic mass is 9.96. The highest BCUT2D eigenvalue weighted by Gasteiger charge is 2.30. The van der Waals surface area contributed by atoms with Gasteiger partial charge in [0.25, 0.3) is 0 Å². The van der Waals surface area contributed by atoms with Crippen LogP contribution in [0.1, 0.15) is 37.4 Å². The first kappa shape index (κ1) is 15.6. The number of amides is 1. The number of carbonyl (C=O) groups excluding carboxylic acids is 1. The SMILES string of the molecule is O=C(Nc1nncs1)C1CCN(c2ccc3nnc(C4CC4)n3n2)CC1. The fraction of sp³-hybridized carbons (Fsp3) is 0.500. The zero-order valence-electron chi connectivity index (χ0n) is 14.1. The number of carbonyl (C=O) groups is 1. The zero-order chi connectivity index (χ0) is 17.5. The van der Waals surface area contributed by atoms with Gasteiger partial charge in [-0.25, -0.2) is 0 Å². The normalized spacial score (nSPS) is 18.4. The lowest BCUT2D eigenvalue weighted by molar-refractivity contribution is -0.120. The predicted molar refractivity (Wildman–Crippen MR) is 96.2 cm³/mol. The van der Waals surface area contributed by atoms with Gasteiger partial charge in [-0.3, -0.25) is 4.79 Å². The monoisotopic (exact) mass is 370 g/mol. The van der Waals surface area contributed by atoms with E-state index in [1.807, 2.05) is 16.6 Å². The molecule has 0 radical (unpaired) electrons. The Kier molecular flexibility index (Phi) is 3.77. The second-order valence-electron chi connectivity index (χ2n) is 6.79. The van der Waals surface area contributed by atoms with Crippen LogP contribution < -0.4 is 10.2 Å². The van der Waals surface area contributed by atoms with Crippen molar-refractivity contribution in [3.63, 3.8) is 0 Å². The molecule has 9 nitrogen and oxygen atoms in total. The van der Waals surface area contributed by atoms with Gasteiger partial charge in [-0.15, -0.1) is 25.5 Å². The van der Waals surface area contributed by atoms with Gasteiger partial charge in [-0.2, -0.15) is 4.52 Å². The molecule has 134 valence electrons. The number of nitrogens with zero attached hydrogens (tertiary/aromatic N) is 7. The largest absolute Gasteiger partial charge is 0.355 e. The van der Waals surface area contributed by atoms with Gasteiger partial charge >= 0.3 is 0 Å². The van der Waals surface area contributed by atoms with E-state index < -0.39 is 0 Å². The van der Waals surface area contributed by atoms with Crippen molar-refractivity contribution in [2.45, 2.75) is 31.6 Å². The summed E-state index contributed by atoms with van der Waals surface area (Å²) < 4.78 is 1.88. The fourth-order valence-corrected chi connectivity index (χ4v) is 3.81. The molecule has 1 saturated carbocycles. The quantitative estimate of drug-likeness (QED) is 0.746. The van der Waals surface area contributed by atoms with Crippen LogP contribution in [0.2, 0.25) is 0 Å². The minimum atomic E-state index is -0.00387. The number of hydrogen-bond donors (Lipinski definition) is 1. The Bertz CT molecular complexity index is 927. The van der Waals surface area contributed by atoms with E-state index in [1.54, 1.807) is 5.51 Å². The summed E-state index contributed by atoms with van der Waals surface area (Å²) in [4.78, 5) is 14.6. The molecular formula is C16H18N8OS. The van der Waals surface area contributed by atoms with E-state index in [1.165, 1.54) is 24.2 Å². The van der Waals surface area contributed by atoms with Gasteiger partial charge < -0.3 is 10.2 Å². The molecule has 3 aromatic heterocycles. The predicted octanol–water partition coefficient (Wildman–Crippen LogP) is 1.71. The molecular weight excluding hydrogens is 352 g/mol. The topological polar surface area (TPSA) is 101 Å². The van der Waals surface area contributed by atoms with Crippen LogP contribution in [-0.4, -0.2) is 49.0 Å². The molecule has 2 fully saturated rings. The Labute approximate surface area is 153 Å². The molecule has 0 bridgehead atoms. The fourth-order valence-electron chi connectivity index (χ4n) is 3.37. The highest BCUT2D eigenvalue weighted by Crippen LogP contribution is 2.38. The molecule has 1 aliphatic carbocycles. The van der Waals surface area contributed by atoms with Crippen molar-refractivity contribution < 1.29 is 4.79 Å². The van der Waals surface area contributed by atoms with Crippen molar-refractivity contribution in [1.82, 2.24) is 30.0 Å². The van der Waals surface area contributed by atoms with Crippen molar-refractivity contribution >= 4 is 33.8 Å². The van der Waals surface area contributed by atoms with Gasteiger partial charge in [-0.05, 0) is 37.8 Å². The van der Waals surface area contributed by atoms with E-state index in [-0.39, 0.29) is 11.8 Å². The maximum absolute atomic E-state index is 12.3. The number of rotatable bonds is 4.